The predicted molar refractivity (Wildman–Crippen MR) is 179 cm³/mol. The fourth-order valence-electron chi connectivity index (χ4n) is 6.13. The minimum absolute atomic E-state index is 0.00595. The average Bonchev–Trinajstić information content (AvgIpc) is 3.07. The van der Waals surface area contributed by atoms with Gasteiger partial charge in [0.05, 0.1) is 18.8 Å². The van der Waals surface area contributed by atoms with Crippen LogP contribution in [0.5, 0.6) is 0 Å². The number of ether oxygens (including phenoxy) is 2. The number of hydrogen-bond donors (Lipinski definition) is 3. The number of hydrogen-bond acceptors (Lipinski definition) is 7. The van der Waals surface area contributed by atoms with Crippen LogP contribution in [0.15, 0.2) is 78.9 Å². The highest BCUT2D eigenvalue weighted by Crippen LogP contribution is 2.38. The highest BCUT2D eigenvalue weighted by Gasteiger charge is 2.34. The van der Waals surface area contributed by atoms with Gasteiger partial charge in [-0.3, -0.25) is 19.4 Å². The van der Waals surface area contributed by atoms with Crippen LogP contribution in [0.4, 0.5) is 5.69 Å². The maximum atomic E-state index is 12.7. The third-order valence-corrected chi connectivity index (χ3v) is 8.69. The third kappa shape index (κ3) is 10.5. The molecule has 0 radical (unpaired) electrons. The lowest BCUT2D eigenvalue weighted by atomic mass is 9.99. The standard InChI is InChI=1S/C37H48N4O5/c1-28(43)38-18-7-3-6-13-36(44)39-33-12-8-11-32(23-33)37-45-34(24-35(46-37)31-16-14-30(27-42)15-17-31)26-41-21-19-40(20-22-41)25-29-9-4-2-5-10-29/h2,4-5,8-12,14-17,23,34-35,37,42H,3,6-7,13,18-22,24-27H2,1H3,(H,38,43)(H,39,44)/t34-,35+,37+/m1/s1. The van der Waals surface area contributed by atoms with Crippen molar-refractivity contribution in [3.63, 3.8) is 0 Å². The lowest BCUT2D eigenvalue weighted by molar-refractivity contribution is -0.253. The highest BCUT2D eigenvalue weighted by molar-refractivity contribution is 5.90. The number of rotatable bonds is 14. The Hall–Kier alpha value is -3.60. The molecule has 2 saturated heterocycles. The molecular weight excluding hydrogens is 580 g/mol. The SMILES string of the molecule is CC(=O)NCCCCCC(=O)Nc1cccc([C@H]2O[C@@H](CN3CCN(Cc4ccccc4)CC3)C[C@@H](c3ccc(CO)cc3)O2)c1. The number of amides is 2. The Morgan fingerprint density at radius 2 is 1.59 bits per heavy atom. The van der Waals surface area contributed by atoms with Crippen LogP contribution in [0.2, 0.25) is 0 Å². The summed E-state index contributed by atoms with van der Waals surface area (Å²) in [5, 5.41) is 15.4. The summed E-state index contributed by atoms with van der Waals surface area (Å²) in [6.07, 6.45) is 2.88. The van der Waals surface area contributed by atoms with Gasteiger partial charge in [-0.05, 0) is 41.7 Å². The maximum absolute atomic E-state index is 12.7. The van der Waals surface area contributed by atoms with E-state index in [9.17, 15) is 14.7 Å². The van der Waals surface area contributed by atoms with Crippen molar-refractivity contribution in [1.82, 2.24) is 15.1 Å². The average molecular weight is 629 g/mol. The second-order valence-electron chi connectivity index (χ2n) is 12.4. The summed E-state index contributed by atoms with van der Waals surface area (Å²) in [7, 11) is 0. The van der Waals surface area contributed by atoms with Crippen molar-refractivity contribution < 1.29 is 24.2 Å². The number of anilines is 1. The number of aliphatic hydroxyl groups excluding tert-OH is 1. The van der Waals surface area contributed by atoms with Gasteiger partial charge in [0.15, 0.2) is 6.29 Å². The Labute approximate surface area is 272 Å². The molecule has 3 aromatic rings. The second kappa shape index (κ2) is 17.4. The van der Waals surface area contributed by atoms with Gasteiger partial charge in [0, 0.05) is 76.8 Å². The molecule has 3 atom stereocenters. The number of carbonyl (C=O) groups excluding carboxylic acids is 2. The zero-order valence-electron chi connectivity index (χ0n) is 26.9. The fraction of sp³-hybridized carbons (Fsp3) is 0.459. The Kier molecular flexibility index (Phi) is 12.7. The molecule has 3 aromatic carbocycles. The molecule has 2 fully saturated rings. The number of nitrogens with one attached hydrogen (secondary N) is 2. The van der Waals surface area contributed by atoms with Crippen molar-refractivity contribution in [2.75, 3.05) is 44.6 Å². The fourth-order valence-corrected chi connectivity index (χ4v) is 6.13. The maximum Gasteiger partial charge on any atom is 0.224 e. The third-order valence-electron chi connectivity index (χ3n) is 8.69. The number of aliphatic hydroxyl groups is 1. The number of nitrogens with zero attached hydrogens (tertiary/aromatic N) is 2. The van der Waals surface area contributed by atoms with Crippen molar-refractivity contribution in [1.29, 1.82) is 0 Å². The van der Waals surface area contributed by atoms with Gasteiger partial charge in [-0.15, -0.1) is 0 Å². The lowest BCUT2D eigenvalue weighted by Gasteiger charge is -2.41. The summed E-state index contributed by atoms with van der Waals surface area (Å²) < 4.78 is 13.2. The van der Waals surface area contributed by atoms with Crippen molar-refractivity contribution in [2.24, 2.45) is 0 Å². The van der Waals surface area contributed by atoms with Crippen molar-refractivity contribution in [2.45, 2.75) is 70.7 Å². The molecule has 0 spiro atoms. The van der Waals surface area contributed by atoms with Crippen LogP contribution in [0, 0.1) is 0 Å². The van der Waals surface area contributed by atoms with Crippen LogP contribution in [0.1, 0.15) is 73.7 Å². The normalized spacial score (nSPS) is 20.7. The van der Waals surface area contributed by atoms with Gasteiger partial charge >= 0.3 is 0 Å². The molecule has 0 aliphatic carbocycles. The molecule has 2 aliphatic rings. The van der Waals surface area contributed by atoms with E-state index in [1.807, 2.05) is 48.5 Å². The first-order valence-electron chi connectivity index (χ1n) is 16.6. The predicted octanol–water partition coefficient (Wildman–Crippen LogP) is 5.18. The summed E-state index contributed by atoms with van der Waals surface area (Å²) in [5.74, 6) is -0.0635. The molecule has 246 valence electrons. The van der Waals surface area contributed by atoms with Crippen LogP contribution in [0.25, 0.3) is 0 Å². The molecule has 2 aliphatic heterocycles. The first kappa shape index (κ1) is 33.8. The minimum atomic E-state index is -0.578. The number of carbonyl (C=O) groups is 2. The lowest BCUT2D eigenvalue weighted by Crippen LogP contribution is -2.49. The molecular formula is C37H48N4O5. The van der Waals surface area contributed by atoms with E-state index < -0.39 is 6.29 Å². The molecule has 0 aromatic heterocycles. The zero-order chi connectivity index (χ0) is 32.1. The van der Waals surface area contributed by atoms with Crippen LogP contribution < -0.4 is 10.6 Å². The van der Waals surface area contributed by atoms with Gasteiger partial charge < -0.3 is 25.2 Å². The number of unbranched alkanes of at least 4 members (excludes halogenated alkanes) is 2. The van der Waals surface area contributed by atoms with Gasteiger partial charge in [0.25, 0.3) is 0 Å². The molecule has 2 heterocycles. The van der Waals surface area contributed by atoms with Crippen molar-refractivity contribution in [3.05, 3.63) is 101 Å². The largest absolute Gasteiger partial charge is 0.392 e. The smallest absolute Gasteiger partial charge is 0.224 e. The monoisotopic (exact) mass is 628 g/mol. The molecule has 0 unspecified atom stereocenters. The molecule has 5 rings (SSSR count). The molecule has 3 N–H and O–H groups in total. The summed E-state index contributed by atoms with van der Waals surface area (Å²) >= 11 is 0. The molecule has 9 heteroatoms. The highest BCUT2D eigenvalue weighted by atomic mass is 16.7. The summed E-state index contributed by atoms with van der Waals surface area (Å²) in [6, 6.07) is 26.3. The van der Waals surface area contributed by atoms with Crippen LogP contribution in [-0.2, 0) is 32.2 Å². The minimum Gasteiger partial charge on any atom is -0.392 e. The Morgan fingerprint density at radius 1 is 0.826 bits per heavy atom. The van der Waals surface area contributed by atoms with E-state index >= 15 is 0 Å². The zero-order valence-corrected chi connectivity index (χ0v) is 26.9. The summed E-state index contributed by atoms with van der Waals surface area (Å²) in [5.41, 5.74) is 4.86. The van der Waals surface area contributed by atoms with E-state index in [-0.39, 0.29) is 30.6 Å². The van der Waals surface area contributed by atoms with Crippen LogP contribution in [-0.4, -0.2) is 72.1 Å². The van der Waals surface area contributed by atoms with E-state index in [0.717, 1.165) is 81.6 Å². The van der Waals surface area contributed by atoms with Gasteiger partial charge in [0.1, 0.15) is 0 Å². The van der Waals surface area contributed by atoms with Crippen LogP contribution >= 0.6 is 0 Å². The van der Waals surface area contributed by atoms with E-state index in [0.29, 0.717) is 18.7 Å². The van der Waals surface area contributed by atoms with Gasteiger partial charge in [0.2, 0.25) is 11.8 Å². The summed E-state index contributed by atoms with van der Waals surface area (Å²) in [4.78, 5) is 28.7. The Balaban J connectivity index is 1.19. The Bertz CT molecular complexity index is 1380. The van der Waals surface area contributed by atoms with E-state index in [1.54, 1.807) is 0 Å². The van der Waals surface area contributed by atoms with Gasteiger partial charge in [-0.1, -0.05) is 73.2 Å². The first-order valence-corrected chi connectivity index (χ1v) is 16.6. The van der Waals surface area contributed by atoms with Gasteiger partial charge in [-0.2, -0.15) is 0 Å². The molecule has 2 amide bonds. The quantitative estimate of drug-likeness (QED) is 0.212. The number of benzene rings is 3. The second-order valence-corrected chi connectivity index (χ2v) is 12.4. The van der Waals surface area contributed by atoms with Crippen LogP contribution in [0.3, 0.4) is 0 Å². The molecule has 46 heavy (non-hydrogen) atoms. The molecule has 9 nitrogen and oxygen atoms in total. The number of piperazine rings is 1. The topological polar surface area (TPSA) is 103 Å². The van der Waals surface area contributed by atoms with E-state index in [1.165, 1.54) is 12.5 Å². The Morgan fingerprint density at radius 3 is 2.33 bits per heavy atom. The van der Waals surface area contributed by atoms with Crippen molar-refractivity contribution in [3.8, 4) is 0 Å². The molecule has 0 bridgehead atoms. The molecule has 0 saturated carbocycles. The summed E-state index contributed by atoms with van der Waals surface area (Å²) in [6.45, 7) is 7.96. The van der Waals surface area contributed by atoms with Gasteiger partial charge in [-0.25, -0.2) is 0 Å². The van der Waals surface area contributed by atoms with E-state index in [4.69, 9.17) is 9.47 Å². The van der Waals surface area contributed by atoms with Crippen molar-refractivity contribution >= 4 is 17.5 Å². The first-order chi connectivity index (χ1) is 22.4. The van der Waals surface area contributed by atoms with E-state index in [2.05, 4.69) is 50.8 Å².